The van der Waals surface area contributed by atoms with Crippen molar-refractivity contribution in [2.24, 2.45) is 0 Å². The van der Waals surface area contributed by atoms with Crippen LogP contribution in [0.25, 0.3) is 11.4 Å². The molecule has 1 N–H and O–H groups in total. The Morgan fingerprint density at radius 1 is 1.15 bits per heavy atom. The van der Waals surface area contributed by atoms with E-state index in [-0.39, 0.29) is 23.5 Å². The average molecular weight is 463 g/mol. The molecule has 0 aliphatic heterocycles. The molecule has 1 saturated carbocycles. The summed E-state index contributed by atoms with van der Waals surface area (Å²) in [7, 11) is 0. The molecule has 4 aromatic rings. The number of benzene rings is 2. The summed E-state index contributed by atoms with van der Waals surface area (Å²) < 4.78 is 18.1. The van der Waals surface area contributed by atoms with E-state index in [1.807, 2.05) is 29.7 Å². The van der Waals surface area contributed by atoms with Crippen molar-refractivity contribution in [3.63, 3.8) is 0 Å². The van der Waals surface area contributed by atoms with Crippen molar-refractivity contribution in [3.8, 4) is 11.4 Å². The smallest absolute Gasteiger partial charge is 0.235 e. The fourth-order valence-corrected chi connectivity index (χ4v) is 4.53. The second-order valence-corrected chi connectivity index (χ2v) is 9.03. The first-order valence-electron chi connectivity index (χ1n) is 10.8. The monoisotopic (exact) mass is 462 g/mol. The highest BCUT2D eigenvalue weighted by Gasteiger charge is 2.31. The summed E-state index contributed by atoms with van der Waals surface area (Å²) in [6.45, 7) is 2.61. The van der Waals surface area contributed by atoms with Crippen LogP contribution in [0.4, 0.5) is 10.2 Å². The van der Waals surface area contributed by atoms with E-state index in [4.69, 9.17) is 0 Å². The summed E-state index contributed by atoms with van der Waals surface area (Å²) in [5.74, 6) is 0.817. The van der Waals surface area contributed by atoms with E-state index < -0.39 is 0 Å². The molecule has 0 radical (unpaired) electrons. The Morgan fingerprint density at radius 2 is 2.00 bits per heavy atom. The zero-order valence-corrected chi connectivity index (χ0v) is 18.9. The third-order valence-corrected chi connectivity index (χ3v) is 6.37. The molecule has 1 amide bonds. The highest BCUT2D eigenvalue weighted by Crippen LogP contribution is 2.41. The number of hydrogen-bond donors (Lipinski definition) is 1. The number of rotatable bonds is 8. The number of aromatic nitrogens is 5. The lowest BCUT2D eigenvalue weighted by molar-refractivity contribution is -0.113. The molecule has 0 atom stereocenters. The Kier molecular flexibility index (Phi) is 5.95. The lowest BCUT2D eigenvalue weighted by atomic mass is 10.1. The number of halogens is 1. The highest BCUT2D eigenvalue weighted by molar-refractivity contribution is 7.99. The molecule has 168 valence electrons. The van der Waals surface area contributed by atoms with E-state index in [0.29, 0.717) is 28.9 Å². The molecule has 9 heteroatoms. The number of amides is 1. The van der Waals surface area contributed by atoms with Gasteiger partial charge in [-0.25, -0.2) is 9.07 Å². The number of aryl methyl sites for hydroxylation is 1. The van der Waals surface area contributed by atoms with E-state index >= 15 is 0 Å². The predicted molar refractivity (Wildman–Crippen MR) is 126 cm³/mol. The quantitative estimate of drug-likeness (QED) is 0.384. The van der Waals surface area contributed by atoms with Gasteiger partial charge >= 0.3 is 0 Å². The first-order chi connectivity index (χ1) is 16.1. The molecule has 2 aromatic heterocycles. The third kappa shape index (κ3) is 4.83. The van der Waals surface area contributed by atoms with Gasteiger partial charge in [0, 0.05) is 12.1 Å². The zero-order valence-electron chi connectivity index (χ0n) is 18.1. The van der Waals surface area contributed by atoms with Crippen LogP contribution in [0.15, 0.2) is 66.0 Å². The number of carbonyl (C=O) groups is 1. The van der Waals surface area contributed by atoms with Crippen LogP contribution in [-0.4, -0.2) is 36.2 Å². The van der Waals surface area contributed by atoms with Gasteiger partial charge < -0.3 is 5.32 Å². The van der Waals surface area contributed by atoms with Gasteiger partial charge in [-0.3, -0.25) is 9.36 Å². The van der Waals surface area contributed by atoms with Gasteiger partial charge in [0.2, 0.25) is 5.91 Å². The first-order valence-corrected chi connectivity index (χ1v) is 11.8. The van der Waals surface area contributed by atoms with Gasteiger partial charge in [0.05, 0.1) is 24.1 Å². The molecule has 5 rings (SSSR count). The van der Waals surface area contributed by atoms with Crippen molar-refractivity contribution in [2.75, 3.05) is 11.1 Å². The lowest BCUT2D eigenvalue weighted by Crippen LogP contribution is -2.18. The number of nitrogens with one attached hydrogen (secondary N) is 1. The summed E-state index contributed by atoms with van der Waals surface area (Å²) in [4.78, 5) is 12.7. The topological polar surface area (TPSA) is 77.6 Å². The van der Waals surface area contributed by atoms with E-state index in [1.165, 1.54) is 23.4 Å². The normalized spacial score (nSPS) is 13.3. The second-order valence-electron chi connectivity index (χ2n) is 8.09. The van der Waals surface area contributed by atoms with E-state index in [9.17, 15) is 9.18 Å². The molecule has 1 aliphatic rings. The molecule has 1 aliphatic carbocycles. The van der Waals surface area contributed by atoms with Crippen molar-refractivity contribution < 1.29 is 9.18 Å². The van der Waals surface area contributed by atoms with Crippen LogP contribution in [-0.2, 0) is 11.3 Å². The fourth-order valence-electron chi connectivity index (χ4n) is 3.72. The van der Waals surface area contributed by atoms with E-state index in [0.717, 1.165) is 18.4 Å². The van der Waals surface area contributed by atoms with Gasteiger partial charge in [-0.2, -0.15) is 5.10 Å². The molecule has 33 heavy (non-hydrogen) atoms. The van der Waals surface area contributed by atoms with Crippen molar-refractivity contribution >= 4 is 23.5 Å². The summed E-state index contributed by atoms with van der Waals surface area (Å²) in [6, 6.07) is 16.8. The average Bonchev–Trinajstić information content (AvgIpc) is 3.41. The SMILES string of the molecule is Cc1cccc(Cn2nccc2NC(=O)CSc2nnc(-c3ccccc3F)n2C2CC2)c1. The van der Waals surface area contributed by atoms with Gasteiger partial charge in [0.25, 0.3) is 0 Å². The molecule has 2 aromatic carbocycles. The number of anilines is 1. The van der Waals surface area contributed by atoms with E-state index in [2.05, 4.69) is 26.7 Å². The summed E-state index contributed by atoms with van der Waals surface area (Å²) in [5, 5.41) is 16.4. The van der Waals surface area contributed by atoms with Gasteiger partial charge in [-0.1, -0.05) is 53.7 Å². The van der Waals surface area contributed by atoms with Crippen LogP contribution in [0, 0.1) is 12.7 Å². The van der Waals surface area contributed by atoms with Crippen LogP contribution in [0.3, 0.4) is 0 Å². The van der Waals surface area contributed by atoms with Crippen molar-refractivity contribution in [3.05, 3.63) is 77.7 Å². The maximum atomic E-state index is 14.3. The third-order valence-electron chi connectivity index (χ3n) is 5.42. The van der Waals surface area contributed by atoms with Crippen molar-refractivity contribution in [1.29, 1.82) is 0 Å². The molecule has 1 fully saturated rings. The second kappa shape index (κ2) is 9.19. The number of carbonyl (C=O) groups excluding carboxylic acids is 1. The van der Waals surface area contributed by atoms with E-state index in [1.54, 1.807) is 35.1 Å². The maximum absolute atomic E-state index is 14.3. The van der Waals surface area contributed by atoms with Crippen molar-refractivity contribution in [2.45, 2.75) is 37.5 Å². The minimum Gasteiger partial charge on any atom is -0.310 e. The number of hydrogen-bond acceptors (Lipinski definition) is 5. The van der Waals surface area contributed by atoms with Gasteiger partial charge in [-0.05, 0) is 37.5 Å². The van der Waals surface area contributed by atoms with Gasteiger partial charge in [0.15, 0.2) is 11.0 Å². The fraction of sp³-hybridized carbons (Fsp3) is 0.250. The molecule has 7 nitrogen and oxygen atoms in total. The molecule has 0 unspecified atom stereocenters. The minimum absolute atomic E-state index is 0.163. The Balaban J connectivity index is 1.26. The van der Waals surface area contributed by atoms with Crippen LogP contribution >= 0.6 is 11.8 Å². The minimum atomic E-state index is -0.331. The maximum Gasteiger partial charge on any atom is 0.235 e. The Labute approximate surface area is 195 Å². The summed E-state index contributed by atoms with van der Waals surface area (Å²) in [5.41, 5.74) is 2.71. The van der Waals surface area contributed by atoms with Gasteiger partial charge in [0.1, 0.15) is 11.6 Å². The molecular weight excluding hydrogens is 439 g/mol. The molecule has 0 bridgehead atoms. The van der Waals surface area contributed by atoms with Crippen LogP contribution in [0.2, 0.25) is 0 Å². The Hall–Kier alpha value is -3.46. The molecule has 0 saturated heterocycles. The zero-order chi connectivity index (χ0) is 22.8. The van der Waals surface area contributed by atoms with Crippen LogP contribution in [0.1, 0.15) is 30.0 Å². The largest absolute Gasteiger partial charge is 0.310 e. The first kappa shape index (κ1) is 21.4. The summed E-state index contributed by atoms with van der Waals surface area (Å²) >= 11 is 1.30. The Morgan fingerprint density at radius 3 is 2.79 bits per heavy atom. The Bertz CT molecular complexity index is 1300. The van der Waals surface area contributed by atoms with Gasteiger partial charge in [-0.15, -0.1) is 10.2 Å². The number of thioether (sulfide) groups is 1. The number of nitrogens with zero attached hydrogens (tertiary/aromatic N) is 5. The molecule has 2 heterocycles. The molecule has 0 spiro atoms. The predicted octanol–water partition coefficient (Wildman–Crippen LogP) is 4.70. The lowest BCUT2D eigenvalue weighted by Gasteiger charge is -2.11. The summed E-state index contributed by atoms with van der Waals surface area (Å²) in [6.07, 6.45) is 3.66. The van der Waals surface area contributed by atoms with Crippen LogP contribution < -0.4 is 5.32 Å². The standard InChI is InChI=1S/C24H23FN6OS/c1-16-5-4-6-17(13-16)14-30-21(11-12-26-30)27-22(32)15-33-24-29-28-23(31(24)18-9-10-18)19-7-2-3-8-20(19)25/h2-8,11-13,18H,9-10,14-15H2,1H3,(H,27,32). The molecular formula is C24H23FN6OS. The van der Waals surface area contributed by atoms with Crippen LogP contribution in [0.5, 0.6) is 0 Å². The van der Waals surface area contributed by atoms with Crippen molar-refractivity contribution in [1.82, 2.24) is 24.5 Å². The highest BCUT2D eigenvalue weighted by atomic mass is 32.2.